The molecule has 0 fully saturated rings. The summed E-state index contributed by atoms with van der Waals surface area (Å²) in [6, 6.07) is 12.0. The molecule has 0 spiro atoms. The summed E-state index contributed by atoms with van der Waals surface area (Å²) in [5, 5.41) is 4.07. The van der Waals surface area contributed by atoms with Gasteiger partial charge in [0, 0.05) is 11.6 Å². The minimum absolute atomic E-state index is 0.168. The van der Waals surface area contributed by atoms with Crippen molar-refractivity contribution in [2.45, 2.75) is 23.9 Å². The fourth-order valence-corrected chi connectivity index (χ4v) is 3.82. The van der Waals surface area contributed by atoms with Gasteiger partial charge in [-0.05, 0) is 37.3 Å². The molecule has 0 saturated carbocycles. The Balaban J connectivity index is 1.89. The van der Waals surface area contributed by atoms with Crippen molar-refractivity contribution in [3.8, 4) is 0 Å². The molecule has 2 aromatic carbocycles. The molecule has 1 aromatic heterocycles. The van der Waals surface area contributed by atoms with E-state index in [-0.39, 0.29) is 11.5 Å². The smallest absolute Gasteiger partial charge is 0.262 e. The van der Waals surface area contributed by atoms with Crippen molar-refractivity contribution in [1.29, 1.82) is 0 Å². The van der Waals surface area contributed by atoms with Gasteiger partial charge in [0.2, 0.25) is 5.91 Å². The van der Waals surface area contributed by atoms with E-state index >= 15 is 0 Å². The average Bonchev–Trinajstić information content (AvgIpc) is 2.67. The van der Waals surface area contributed by atoms with Crippen LogP contribution in [0.5, 0.6) is 0 Å². The standard InChI is InChI=1S/C20H17Cl2N3O2S/c1-3-10-25-19(27)14-6-4-5-7-16(14)24-20(25)28-12(2)18(26)23-17-11-13(21)8-9-15(17)22/h3-9,11-12H,1,10H2,2H3,(H,23,26). The van der Waals surface area contributed by atoms with Crippen molar-refractivity contribution in [2.75, 3.05) is 5.32 Å². The van der Waals surface area contributed by atoms with Crippen molar-refractivity contribution in [2.24, 2.45) is 0 Å². The Kier molecular flexibility index (Phi) is 6.44. The molecular formula is C20H17Cl2N3O2S. The molecule has 1 unspecified atom stereocenters. The second kappa shape index (κ2) is 8.82. The fraction of sp³-hybridized carbons (Fsp3) is 0.150. The Labute approximate surface area is 176 Å². The molecule has 0 saturated heterocycles. The van der Waals surface area contributed by atoms with Gasteiger partial charge in [0.1, 0.15) is 0 Å². The highest BCUT2D eigenvalue weighted by Gasteiger charge is 2.20. The number of hydrogen-bond acceptors (Lipinski definition) is 4. The molecule has 1 N–H and O–H groups in total. The van der Waals surface area contributed by atoms with Gasteiger partial charge in [0.25, 0.3) is 5.56 Å². The molecule has 0 radical (unpaired) electrons. The number of hydrogen-bond donors (Lipinski definition) is 1. The molecule has 8 heteroatoms. The van der Waals surface area contributed by atoms with Crippen LogP contribution >= 0.6 is 35.0 Å². The van der Waals surface area contributed by atoms with Crippen molar-refractivity contribution >= 4 is 57.5 Å². The zero-order valence-electron chi connectivity index (χ0n) is 15.0. The molecule has 3 rings (SSSR count). The van der Waals surface area contributed by atoms with E-state index in [2.05, 4.69) is 16.9 Å². The first-order valence-corrected chi connectivity index (χ1v) is 10.1. The lowest BCUT2D eigenvalue weighted by Gasteiger charge is -2.16. The number of nitrogens with zero attached hydrogens (tertiary/aromatic N) is 2. The van der Waals surface area contributed by atoms with Gasteiger partial charge in [0.15, 0.2) is 5.16 Å². The summed E-state index contributed by atoms with van der Waals surface area (Å²) >= 11 is 13.3. The number of aromatic nitrogens is 2. The van der Waals surface area contributed by atoms with Gasteiger partial charge >= 0.3 is 0 Å². The largest absolute Gasteiger partial charge is 0.324 e. The summed E-state index contributed by atoms with van der Waals surface area (Å²) in [5.74, 6) is -0.276. The molecule has 0 bridgehead atoms. The molecule has 1 atom stereocenters. The Hall–Kier alpha value is -2.28. The van der Waals surface area contributed by atoms with Crippen LogP contribution in [0.4, 0.5) is 5.69 Å². The highest BCUT2D eigenvalue weighted by molar-refractivity contribution is 8.00. The maximum atomic E-state index is 12.8. The predicted octanol–water partition coefficient (Wildman–Crippen LogP) is 5.01. The topological polar surface area (TPSA) is 64.0 Å². The number of carbonyl (C=O) groups is 1. The lowest BCUT2D eigenvalue weighted by Crippen LogP contribution is -2.26. The van der Waals surface area contributed by atoms with Crippen molar-refractivity contribution in [1.82, 2.24) is 9.55 Å². The number of carbonyl (C=O) groups excluding carboxylic acids is 1. The molecule has 1 heterocycles. The first kappa shape index (κ1) is 20.5. The van der Waals surface area contributed by atoms with Crippen LogP contribution in [-0.4, -0.2) is 20.7 Å². The average molecular weight is 434 g/mol. The van der Waals surface area contributed by atoms with Crippen LogP contribution in [0, 0.1) is 0 Å². The number of para-hydroxylation sites is 1. The molecule has 5 nitrogen and oxygen atoms in total. The third-order valence-corrected chi connectivity index (χ3v) is 5.63. The SMILES string of the molecule is C=CCn1c(SC(C)C(=O)Nc2cc(Cl)ccc2Cl)nc2ccccc2c1=O. The van der Waals surface area contributed by atoms with Gasteiger partial charge in [-0.1, -0.05) is 53.2 Å². The number of benzene rings is 2. The van der Waals surface area contributed by atoms with E-state index in [1.165, 1.54) is 16.3 Å². The van der Waals surface area contributed by atoms with Crippen LogP contribution in [0.3, 0.4) is 0 Å². The number of fused-ring (bicyclic) bond motifs is 1. The normalized spacial score (nSPS) is 12.0. The van der Waals surface area contributed by atoms with Crippen LogP contribution < -0.4 is 10.9 Å². The molecule has 0 aliphatic heterocycles. The molecule has 1 amide bonds. The predicted molar refractivity (Wildman–Crippen MR) is 117 cm³/mol. The lowest BCUT2D eigenvalue weighted by atomic mass is 10.2. The number of anilines is 1. The summed E-state index contributed by atoms with van der Waals surface area (Å²) in [7, 11) is 0. The summed E-state index contributed by atoms with van der Waals surface area (Å²) in [6.07, 6.45) is 1.62. The zero-order chi connectivity index (χ0) is 20.3. The Bertz CT molecular complexity index is 1110. The number of thioether (sulfide) groups is 1. The monoisotopic (exact) mass is 433 g/mol. The molecule has 0 aliphatic rings. The highest BCUT2D eigenvalue weighted by atomic mass is 35.5. The highest BCUT2D eigenvalue weighted by Crippen LogP contribution is 2.28. The second-order valence-corrected chi connectivity index (χ2v) is 8.14. The minimum Gasteiger partial charge on any atom is -0.324 e. The van der Waals surface area contributed by atoms with E-state index in [0.717, 1.165) is 0 Å². The summed E-state index contributed by atoms with van der Waals surface area (Å²) in [4.78, 5) is 30.0. The number of nitrogens with one attached hydrogen (secondary N) is 1. The van der Waals surface area contributed by atoms with Crippen LogP contribution in [0.15, 0.2) is 65.1 Å². The van der Waals surface area contributed by atoms with Gasteiger partial charge in [-0.15, -0.1) is 6.58 Å². The quantitative estimate of drug-likeness (QED) is 0.337. The molecule has 0 aliphatic carbocycles. The van der Waals surface area contributed by atoms with E-state index in [1.807, 2.05) is 6.07 Å². The fourth-order valence-electron chi connectivity index (χ4n) is 2.57. The third-order valence-electron chi connectivity index (χ3n) is 3.98. The third kappa shape index (κ3) is 4.41. The molecule has 144 valence electrons. The first-order chi connectivity index (χ1) is 13.4. The minimum atomic E-state index is -0.529. The number of allylic oxidation sites excluding steroid dienone is 1. The van der Waals surface area contributed by atoms with Crippen molar-refractivity contribution < 1.29 is 4.79 Å². The van der Waals surface area contributed by atoms with Gasteiger partial charge < -0.3 is 5.32 Å². The number of amides is 1. The molecule has 3 aromatic rings. The van der Waals surface area contributed by atoms with Crippen LogP contribution in [0.2, 0.25) is 10.0 Å². The zero-order valence-corrected chi connectivity index (χ0v) is 17.3. The van der Waals surface area contributed by atoms with Gasteiger partial charge in [-0.3, -0.25) is 14.2 Å². The van der Waals surface area contributed by atoms with Crippen molar-refractivity contribution in [3.05, 3.63) is 75.5 Å². The Morgan fingerprint density at radius 2 is 2.07 bits per heavy atom. The van der Waals surface area contributed by atoms with E-state index in [1.54, 1.807) is 49.4 Å². The van der Waals surface area contributed by atoms with E-state index < -0.39 is 5.25 Å². The van der Waals surface area contributed by atoms with Crippen LogP contribution in [0.25, 0.3) is 10.9 Å². The maximum Gasteiger partial charge on any atom is 0.262 e. The van der Waals surface area contributed by atoms with E-state index in [4.69, 9.17) is 23.2 Å². The first-order valence-electron chi connectivity index (χ1n) is 8.43. The summed E-state index contributed by atoms with van der Waals surface area (Å²) in [6.45, 7) is 5.74. The Morgan fingerprint density at radius 1 is 1.32 bits per heavy atom. The van der Waals surface area contributed by atoms with Gasteiger partial charge in [0.05, 0.1) is 26.9 Å². The summed E-state index contributed by atoms with van der Waals surface area (Å²) in [5.41, 5.74) is 0.848. The van der Waals surface area contributed by atoms with Crippen LogP contribution in [-0.2, 0) is 11.3 Å². The van der Waals surface area contributed by atoms with E-state index in [0.29, 0.717) is 38.3 Å². The maximum absolute atomic E-state index is 12.8. The number of rotatable bonds is 6. The van der Waals surface area contributed by atoms with Gasteiger partial charge in [-0.2, -0.15) is 0 Å². The molecule has 28 heavy (non-hydrogen) atoms. The van der Waals surface area contributed by atoms with Gasteiger partial charge in [-0.25, -0.2) is 4.98 Å². The summed E-state index contributed by atoms with van der Waals surface area (Å²) < 4.78 is 1.51. The molecular weight excluding hydrogens is 417 g/mol. The Morgan fingerprint density at radius 3 is 2.82 bits per heavy atom. The lowest BCUT2D eigenvalue weighted by molar-refractivity contribution is -0.115. The van der Waals surface area contributed by atoms with E-state index in [9.17, 15) is 9.59 Å². The van der Waals surface area contributed by atoms with Crippen molar-refractivity contribution in [3.63, 3.8) is 0 Å². The second-order valence-electron chi connectivity index (χ2n) is 5.99. The number of halogens is 2. The van der Waals surface area contributed by atoms with Crippen LogP contribution in [0.1, 0.15) is 6.92 Å².